The van der Waals surface area contributed by atoms with Crippen LogP contribution < -0.4 is 0 Å². The lowest BCUT2D eigenvalue weighted by Crippen LogP contribution is -2.38. The lowest BCUT2D eigenvalue weighted by molar-refractivity contribution is -0.132. The quantitative estimate of drug-likeness (QED) is 0.766. The van der Waals surface area contributed by atoms with E-state index in [9.17, 15) is 4.79 Å². The van der Waals surface area contributed by atoms with Crippen LogP contribution in [0, 0.1) is 5.92 Å². The lowest BCUT2D eigenvalue weighted by atomic mass is 9.98. The monoisotopic (exact) mass is 265 g/mol. The van der Waals surface area contributed by atoms with Gasteiger partial charge in [0.05, 0.1) is 0 Å². The van der Waals surface area contributed by atoms with E-state index in [-0.39, 0.29) is 5.91 Å². The van der Waals surface area contributed by atoms with Gasteiger partial charge in [-0.05, 0) is 30.7 Å². The second-order valence-corrected chi connectivity index (χ2v) is 5.27. The lowest BCUT2D eigenvalue weighted by Gasteiger charge is -2.31. The molecule has 1 saturated heterocycles. The molecule has 2 rings (SSSR count). The molecule has 2 nitrogen and oxygen atoms in total. The first kappa shape index (κ1) is 13.4. The largest absolute Gasteiger partial charge is 0.343 e. The van der Waals surface area contributed by atoms with Gasteiger partial charge in [0.2, 0.25) is 5.91 Å². The summed E-state index contributed by atoms with van der Waals surface area (Å²) in [6, 6.07) is 10.2. The van der Waals surface area contributed by atoms with Crippen LogP contribution in [-0.2, 0) is 11.2 Å². The highest BCUT2D eigenvalue weighted by molar-refractivity contribution is 6.18. The minimum absolute atomic E-state index is 0.284. The van der Waals surface area contributed by atoms with Gasteiger partial charge in [-0.3, -0.25) is 4.79 Å². The van der Waals surface area contributed by atoms with E-state index in [4.69, 9.17) is 11.6 Å². The molecule has 1 aromatic carbocycles. The van der Waals surface area contributed by atoms with Crippen molar-refractivity contribution in [2.75, 3.05) is 19.0 Å². The molecule has 0 saturated carbocycles. The Kier molecular flexibility index (Phi) is 5.06. The Morgan fingerprint density at radius 3 is 2.50 bits per heavy atom. The van der Waals surface area contributed by atoms with Crippen LogP contribution in [0.1, 0.15) is 24.8 Å². The Balaban J connectivity index is 1.75. The molecule has 1 aromatic rings. The summed E-state index contributed by atoms with van der Waals surface area (Å²) in [7, 11) is 0. The van der Waals surface area contributed by atoms with Crippen LogP contribution in [0.5, 0.6) is 0 Å². The maximum Gasteiger partial charge on any atom is 0.222 e. The first-order valence-electron chi connectivity index (χ1n) is 6.67. The number of carbonyl (C=O) groups is 1. The summed E-state index contributed by atoms with van der Waals surface area (Å²) in [6.45, 7) is 1.76. The topological polar surface area (TPSA) is 20.3 Å². The summed E-state index contributed by atoms with van der Waals surface area (Å²) in [6.07, 6.45) is 3.58. The number of nitrogens with zero attached hydrogens (tertiary/aromatic N) is 1. The highest BCUT2D eigenvalue weighted by Gasteiger charge is 2.21. The number of hydrogen-bond acceptors (Lipinski definition) is 1. The zero-order valence-electron chi connectivity index (χ0n) is 10.6. The molecule has 0 spiro atoms. The van der Waals surface area contributed by atoms with E-state index in [0.29, 0.717) is 12.3 Å². The molecule has 1 fully saturated rings. The molecule has 0 N–H and O–H groups in total. The molecule has 3 heteroatoms. The van der Waals surface area contributed by atoms with Crippen molar-refractivity contribution >= 4 is 17.5 Å². The zero-order chi connectivity index (χ0) is 12.8. The number of amides is 1. The van der Waals surface area contributed by atoms with Crippen LogP contribution in [0.15, 0.2) is 30.3 Å². The van der Waals surface area contributed by atoms with Gasteiger partial charge in [0.1, 0.15) is 0 Å². The highest BCUT2D eigenvalue weighted by Crippen LogP contribution is 2.19. The zero-order valence-corrected chi connectivity index (χ0v) is 11.4. The molecule has 0 radical (unpaired) electrons. The third kappa shape index (κ3) is 3.74. The van der Waals surface area contributed by atoms with Crippen molar-refractivity contribution in [2.45, 2.75) is 25.7 Å². The van der Waals surface area contributed by atoms with Crippen molar-refractivity contribution in [1.29, 1.82) is 0 Å². The van der Waals surface area contributed by atoms with Gasteiger partial charge in [-0.25, -0.2) is 0 Å². The van der Waals surface area contributed by atoms with Crippen LogP contribution in [0.3, 0.4) is 0 Å². The Hall–Kier alpha value is -1.02. The van der Waals surface area contributed by atoms with Crippen molar-refractivity contribution in [3.05, 3.63) is 35.9 Å². The Morgan fingerprint density at radius 2 is 1.89 bits per heavy atom. The Labute approximate surface area is 114 Å². The van der Waals surface area contributed by atoms with Gasteiger partial charge in [0.25, 0.3) is 0 Å². The summed E-state index contributed by atoms with van der Waals surface area (Å²) in [5, 5.41) is 0. The van der Waals surface area contributed by atoms with Gasteiger partial charge in [0.15, 0.2) is 0 Å². The van der Waals surface area contributed by atoms with Crippen molar-refractivity contribution in [3.63, 3.8) is 0 Å². The number of carbonyl (C=O) groups excluding carboxylic acids is 1. The molecule has 18 heavy (non-hydrogen) atoms. The van der Waals surface area contributed by atoms with Crippen molar-refractivity contribution in [2.24, 2.45) is 5.92 Å². The maximum absolute atomic E-state index is 12.1. The van der Waals surface area contributed by atoms with E-state index < -0.39 is 0 Å². The highest BCUT2D eigenvalue weighted by atomic mass is 35.5. The van der Waals surface area contributed by atoms with Gasteiger partial charge in [-0.15, -0.1) is 11.6 Å². The number of benzene rings is 1. The molecule has 0 aliphatic carbocycles. The molecule has 0 bridgehead atoms. The number of likely N-dealkylation sites (tertiary alicyclic amines) is 1. The molecule has 0 unspecified atom stereocenters. The molecular formula is C15H20ClNO. The predicted molar refractivity (Wildman–Crippen MR) is 74.8 cm³/mol. The molecule has 1 aliphatic rings. The normalized spacial score (nSPS) is 16.8. The van der Waals surface area contributed by atoms with Gasteiger partial charge in [0, 0.05) is 25.4 Å². The maximum atomic E-state index is 12.1. The minimum atomic E-state index is 0.284. The standard InChI is InChI=1S/C15H20ClNO/c16-12-14-8-10-17(11-9-14)15(18)7-6-13-4-2-1-3-5-13/h1-5,14H,6-12H2. The van der Waals surface area contributed by atoms with E-state index in [1.807, 2.05) is 23.1 Å². The molecule has 1 heterocycles. The molecule has 0 atom stereocenters. The van der Waals surface area contributed by atoms with Crippen LogP contribution in [-0.4, -0.2) is 29.8 Å². The average Bonchev–Trinajstić information content (AvgIpc) is 2.46. The fourth-order valence-corrected chi connectivity index (χ4v) is 2.70. The van der Waals surface area contributed by atoms with Crippen molar-refractivity contribution < 1.29 is 4.79 Å². The molecule has 1 amide bonds. The minimum Gasteiger partial charge on any atom is -0.343 e. The molecule has 98 valence electrons. The molecular weight excluding hydrogens is 246 g/mol. The number of piperidine rings is 1. The smallest absolute Gasteiger partial charge is 0.222 e. The van der Waals surface area contributed by atoms with E-state index in [1.165, 1.54) is 5.56 Å². The van der Waals surface area contributed by atoms with Crippen LogP contribution in [0.4, 0.5) is 0 Å². The fraction of sp³-hybridized carbons (Fsp3) is 0.533. The van der Waals surface area contributed by atoms with E-state index in [1.54, 1.807) is 0 Å². The Bertz CT molecular complexity index is 371. The first-order chi connectivity index (χ1) is 8.79. The Morgan fingerprint density at radius 1 is 1.22 bits per heavy atom. The average molecular weight is 266 g/mol. The summed E-state index contributed by atoms with van der Waals surface area (Å²) < 4.78 is 0. The third-order valence-electron chi connectivity index (χ3n) is 3.66. The SMILES string of the molecule is O=C(CCc1ccccc1)N1CCC(CCl)CC1. The summed E-state index contributed by atoms with van der Waals surface area (Å²) in [4.78, 5) is 14.1. The van der Waals surface area contributed by atoms with Gasteiger partial charge < -0.3 is 4.90 Å². The van der Waals surface area contributed by atoms with Gasteiger partial charge >= 0.3 is 0 Å². The molecule has 0 aromatic heterocycles. The number of aryl methyl sites for hydroxylation is 1. The third-order valence-corrected chi connectivity index (χ3v) is 4.09. The number of hydrogen-bond donors (Lipinski definition) is 0. The number of alkyl halides is 1. The number of rotatable bonds is 4. The fourth-order valence-electron chi connectivity index (χ4n) is 2.39. The first-order valence-corrected chi connectivity index (χ1v) is 7.20. The number of halogens is 1. The summed E-state index contributed by atoms with van der Waals surface area (Å²) >= 11 is 5.85. The van der Waals surface area contributed by atoms with Crippen LogP contribution in [0.2, 0.25) is 0 Å². The van der Waals surface area contributed by atoms with E-state index in [0.717, 1.165) is 38.2 Å². The van der Waals surface area contributed by atoms with E-state index in [2.05, 4.69) is 12.1 Å². The van der Waals surface area contributed by atoms with E-state index >= 15 is 0 Å². The summed E-state index contributed by atoms with van der Waals surface area (Å²) in [5.74, 6) is 1.61. The second kappa shape index (κ2) is 6.79. The molecule has 1 aliphatic heterocycles. The van der Waals surface area contributed by atoms with Crippen molar-refractivity contribution in [3.8, 4) is 0 Å². The summed E-state index contributed by atoms with van der Waals surface area (Å²) in [5.41, 5.74) is 1.24. The van der Waals surface area contributed by atoms with Gasteiger partial charge in [-0.2, -0.15) is 0 Å². The van der Waals surface area contributed by atoms with Gasteiger partial charge in [-0.1, -0.05) is 30.3 Å². The van der Waals surface area contributed by atoms with Crippen LogP contribution in [0.25, 0.3) is 0 Å². The predicted octanol–water partition coefficient (Wildman–Crippen LogP) is 3.10. The van der Waals surface area contributed by atoms with Crippen molar-refractivity contribution in [1.82, 2.24) is 4.90 Å². The van der Waals surface area contributed by atoms with Crippen LogP contribution >= 0.6 is 11.6 Å². The second-order valence-electron chi connectivity index (χ2n) is 4.96.